The van der Waals surface area contributed by atoms with Crippen LogP contribution in [0.1, 0.15) is 5.69 Å². The molecule has 0 saturated heterocycles. The molecule has 0 radical (unpaired) electrons. The van der Waals surface area contributed by atoms with Gasteiger partial charge in [0.15, 0.2) is 0 Å². The summed E-state index contributed by atoms with van der Waals surface area (Å²) in [5, 5.41) is 1.16. The lowest BCUT2D eigenvalue weighted by Gasteiger charge is -2.04. The third kappa shape index (κ3) is 1.99. The number of pyridine rings is 1. The highest BCUT2D eigenvalue weighted by atomic mass is 16.5. The molecule has 0 bridgehead atoms. The Morgan fingerprint density at radius 2 is 1.82 bits per heavy atom. The largest absolute Gasteiger partial charge is 0.457 e. The van der Waals surface area contributed by atoms with Crippen LogP contribution in [0.4, 0.5) is 0 Å². The van der Waals surface area contributed by atoms with Gasteiger partial charge in [0, 0.05) is 29.0 Å². The normalized spacial score (nSPS) is 10.6. The smallest absolute Gasteiger partial charge is 0.130 e. The van der Waals surface area contributed by atoms with Crippen molar-refractivity contribution in [2.24, 2.45) is 0 Å². The predicted octanol–water partition coefficient (Wildman–Crippen LogP) is 3.66. The van der Waals surface area contributed by atoms with Crippen LogP contribution in [0.25, 0.3) is 10.9 Å². The Morgan fingerprint density at radius 3 is 2.65 bits per heavy atom. The van der Waals surface area contributed by atoms with Crippen molar-refractivity contribution in [2.45, 2.75) is 6.92 Å². The molecule has 3 nitrogen and oxygen atoms in total. The first-order chi connectivity index (χ1) is 8.31. The van der Waals surface area contributed by atoms with Crippen LogP contribution in [0.15, 0.2) is 48.8 Å². The molecule has 0 aliphatic rings. The van der Waals surface area contributed by atoms with Crippen LogP contribution >= 0.6 is 0 Å². The summed E-state index contributed by atoms with van der Waals surface area (Å²) in [6, 6.07) is 11.8. The van der Waals surface area contributed by atoms with E-state index in [0.717, 1.165) is 28.1 Å². The minimum Gasteiger partial charge on any atom is -0.457 e. The number of rotatable bonds is 2. The van der Waals surface area contributed by atoms with E-state index < -0.39 is 0 Å². The summed E-state index contributed by atoms with van der Waals surface area (Å²) in [5.74, 6) is 1.63. The van der Waals surface area contributed by atoms with E-state index in [0.29, 0.717) is 0 Å². The summed E-state index contributed by atoms with van der Waals surface area (Å²) in [5.41, 5.74) is 2.28. The first-order valence-electron chi connectivity index (χ1n) is 5.48. The van der Waals surface area contributed by atoms with Crippen molar-refractivity contribution in [1.29, 1.82) is 0 Å². The zero-order chi connectivity index (χ0) is 11.7. The van der Waals surface area contributed by atoms with Crippen molar-refractivity contribution in [3.05, 3.63) is 54.5 Å². The van der Waals surface area contributed by atoms with E-state index in [4.69, 9.17) is 4.74 Å². The van der Waals surface area contributed by atoms with Gasteiger partial charge in [-0.05, 0) is 43.3 Å². The standard InChI is InChI=1S/C14H12N2O/c1-10-8-11-9-13(2-3-14(11)16-10)17-12-4-6-15-7-5-12/h2-9,16H,1H3. The number of hydrogen-bond donors (Lipinski definition) is 1. The third-order valence-electron chi connectivity index (χ3n) is 2.61. The highest BCUT2D eigenvalue weighted by Gasteiger charge is 2.01. The number of aromatic nitrogens is 2. The van der Waals surface area contributed by atoms with Gasteiger partial charge < -0.3 is 9.72 Å². The highest BCUT2D eigenvalue weighted by Crippen LogP contribution is 2.25. The quantitative estimate of drug-likeness (QED) is 0.721. The summed E-state index contributed by atoms with van der Waals surface area (Å²) in [6.07, 6.45) is 3.43. The van der Waals surface area contributed by atoms with Crippen LogP contribution in [0.2, 0.25) is 0 Å². The second kappa shape index (κ2) is 3.94. The molecule has 2 aromatic heterocycles. The van der Waals surface area contributed by atoms with E-state index in [1.165, 1.54) is 0 Å². The molecule has 0 aliphatic heterocycles. The first-order valence-corrected chi connectivity index (χ1v) is 5.48. The Balaban J connectivity index is 1.95. The van der Waals surface area contributed by atoms with E-state index >= 15 is 0 Å². The molecule has 2 heterocycles. The number of nitrogens with zero attached hydrogens (tertiary/aromatic N) is 1. The summed E-state index contributed by atoms with van der Waals surface area (Å²) < 4.78 is 5.74. The molecule has 1 aromatic carbocycles. The molecule has 0 aliphatic carbocycles. The van der Waals surface area contributed by atoms with Crippen molar-refractivity contribution in [1.82, 2.24) is 9.97 Å². The maximum absolute atomic E-state index is 5.74. The van der Waals surface area contributed by atoms with Crippen LogP contribution in [0.3, 0.4) is 0 Å². The molecule has 0 amide bonds. The van der Waals surface area contributed by atoms with Crippen molar-refractivity contribution >= 4 is 10.9 Å². The first kappa shape index (κ1) is 9.90. The average molecular weight is 224 g/mol. The number of ether oxygens (including phenoxy) is 1. The maximum Gasteiger partial charge on any atom is 0.130 e. The van der Waals surface area contributed by atoms with Gasteiger partial charge in [-0.1, -0.05) is 0 Å². The van der Waals surface area contributed by atoms with Crippen LogP contribution in [-0.4, -0.2) is 9.97 Å². The van der Waals surface area contributed by atoms with Crippen LogP contribution in [0.5, 0.6) is 11.5 Å². The number of nitrogens with one attached hydrogen (secondary N) is 1. The Hall–Kier alpha value is -2.29. The minimum atomic E-state index is 0.798. The van der Waals surface area contributed by atoms with Crippen LogP contribution < -0.4 is 4.74 Å². The van der Waals surface area contributed by atoms with E-state index in [1.54, 1.807) is 12.4 Å². The summed E-state index contributed by atoms with van der Waals surface area (Å²) in [7, 11) is 0. The molecule has 0 saturated carbocycles. The molecule has 3 heteroatoms. The fourth-order valence-corrected chi connectivity index (χ4v) is 1.86. The Bertz CT molecular complexity index is 644. The van der Waals surface area contributed by atoms with Crippen LogP contribution in [0, 0.1) is 6.92 Å². The van der Waals surface area contributed by atoms with Gasteiger partial charge in [-0.25, -0.2) is 0 Å². The molecule has 1 N–H and O–H groups in total. The van der Waals surface area contributed by atoms with Crippen molar-refractivity contribution < 1.29 is 4.74 Å². The van der Waals surface area contributed by atoms with Gasteiger partial charge in [0.1, 0.15) is 11.5 Å². The van der Waals surface area contributed by atoms with Gasteiger partial charge in [-0.2, -0.15) is 0 Å². The average Bonchev–Trinajstić information content (AvgIpc) is 2.70. The zero-order valence-electron chi connectivity index (χ0n) is 9.47. The lowest BCUT2D eigenvalue weighted by Crippen LogP contribution is -1.83. The van der Waals surface area contributed by atoms with E-state index in [-0.39, 0.29) is 0 Å². The highest BCUT2D eigenvalue weighted by molar-refractivity contribution is 5.81. The number of aryl methyl sites for hydroxylation is 1. The topological polar surface area (TPSA) is 37.9 Å². The van der Waals surface area contributed by atoms with Crippen molar-refractivity contribution in [2.75, 3.05) is 0 Å². The third-order valence-corrected chi connectivity index (χ3v) is 2.61. The molecule has 0 unspecified atom stereocenters. The Labute approximate surface area is 99.1 Å². The van der Waals surface area contributed by atoms with Gasteiger partial charge >= 0.3 is 0 Å². The minimum absolute atomic E-state index is 0.798. The van der Waals surface area contributed by atoms with Gasteiger partial charge in [0.2, 0.25) is 0 Å². The fraction of sp³-hybridized carbons (Fsp3) is 0.0714. The van der Waals surface area contributed by atoms with Gasteiger partial charge in [0.05, 0.1) is 0 Å². The van der Waals surface area contributed by atoms with E-state index in [9.17, 15) is 0 Å². The molecule has 84 valence electrons. The second-order valence-corrected chi connectivity index (χ2v) is 3.99. The van der Waals surface area contributed by atoms with Crippen molar-refractivity contribution in [3.8, 4) is 11.5 Å². The molecule has 3 aromatic rings. The molecule has 3 rings (SSSR count). The Morgan fingerprint density at radius 1 is 1.00 bits per heavy atom. The molecule has 17 heavy (non-hydrogen) atoms. The molecular formula is C14H12N2O. The number of benzene rings is 1. The SMILES string of the molecule is Cc1cc2cc(Oc3ccncc3)ccc2[nH]1. The monoisotopic (exact) mass is 224 g/mol. The Kier molecular flexibility index (Phi) is 2.29. The van der Waals surface area contributed by atoms with Gasteiger partial charge in [-0.15, -0.1) is 0 Å². The van der Waals surface area contributed by atoms with Crippen LogP contribution in [-0.2, 0) is 0 Å². The van der Waals surface area contributed by atoms with E-state index in [2.05, 4.69) is 16.0 Å². The molecule has 0 spiro atoms. The van der Waals surface area contributed by atoms with Gasteiger partial charge in [0.25, 0.3) is 0 Å². The molecule has 0 atom stereocenters. The lowest BCUT2D eigenvalue weighted by atomic mass is 10.2. The molecular weight excluding hydrogens is 212 g/mol. The predicted molar refractivity (Wildman–Crippen MR) is 67.3 cm³/mol. The second-order valence-electron chi connectivity index (χ2n) is 3.99. The lowest BCUT2D eigenvalue weighted by molar-refractivity contribution is 0.482. The van der Waals surface area contributed by atoms with Crippen molar-refractivity contribution in [3.63, 3.8) is 0 Å². The molecule has 0 fully saturated rings. The summed E-state index contributed by atoms with van der Waals surface area (Å²) in [4.78, 5) is 7.24. The number of fused-ring (bicyclic) bond motifs is 1. The number of hydrogen-bond acceptors (Lipinski definition) is 2. The summed E-state index contributed by atoms with van der Waals surface area (Å²) in [6.45, 7) is 2.05. The number of aromatic amines is 1. The van der Waals surface area contributed by atoms with Gasteiger partial charge in [-0.3, -0.25) is 4.98 Å². The summed E-state index contributed by atoms with van der Waals surface area (Å²) >= 11 is 0. The van der Waals surface area contributed by atoms with E-state index in [1.807, 2.05) is 37.3 Å². The number of H-pyrrole nitrogens is 1. The maximum atomic E-state index is 5.74. The zero-order valence-corrected chi connectivity index (χ0v) is 9.47. The fourth-order valence-electron chi connectivity index (χ4n) is 1.86.